The minimum atomic E-state index is -0.706. The third-order valence-corrected chi connectivity index (χ3v) is 5.83. The molecule has 30 heavy (non-hydrogen) atoms. The summed E-state index contributed by atoms with van der Waals surface area (Å²) >= 11 is 3.37. The summed E-state index contributed by atoms with van der Waals surface area (Å²) in [7, 11) is 0. The van der Waals surface area contributed by atoms with E-state index in [1.807, 2.05) is 54.6 Å². The zero-order valence-electron chi connectivity index (χ0n) is 16.4. The van der Waals surface area contributed by atoms with Crippen molar-refractivity contribution in [2.24, 2.45) is 0 Å². The Morgan fingerprint density at radius 3 is 2.17 bits per heavy atom. The molecule has 0 aromatic heterocycles. The van der Waals surface area contributed by atoms with Gasteiger partial charge in [-0.3, -0.25) is 14.5 Å². The number of aliphatic hydroxyl groups excluding tert-OH is 1. The molecule has 1 N–H and O–H groups in total. The maximum Gasteiger partial charge on any atom is 0.300 e. The van der Waals surface area contributed by atoms with Gasteiger partial charge in [0.1, 0.15) is 5.76 Å². The van der Waals surface area contributed by atoms with Crippen molar-refractivity contribution >= 4 is 39.1 Å². The van der Waals surface area contributed by atoms with Gasteiger partial charge in [0.15, 0.2) is 0 Å². The minimum Gasteiger partial charge on any atom is -0.507 e. The molecule has 3 aromatic carbocycles. The highest BCUT2D eigenvalue weighted by Gasteiger charge is 2.46. The van der Waals surface area contributed by atoms with Crippen LogP contribution in [0.15, 0.2) is 88.9 Å². The molecule has 1 atom stereocenters. The van der Waals surface area contributed by atoms with Gasteiger partial charge in [-0.25, -0.2) is 0 Å². The smallest absolute Gasteiger partial charge is 0.300 e. The van der Waals surface area contributed by atoms with E-state index in [2.05, 4.69) is 22.9 Å². The van der Waals surface area contributed by atoms with Crippen molar-refractivity contribution in [3.05, 3.63) is 106 Å². The fourth-order valence-corrected chi connectivity index (χ4v) is 3.97. The maximum absolute atomic E-state index is 13.1. The van der Waals surface area contributed by atoms with Crippen molar-refractivity contribution in [2.75, 3.05) is 4.90 Å². The normalized spacial score (nSPS) is 18.1. The van der Waals surface area contributed by atoms with Gasteiger partial charge in [-0.05, 0) is 41.8 Å². The van der Waals surface area contributed by atoms with E-state index in [0.717, 1.165) is 22.0 Å². The summed E-state index contributed by atoms with van der Waals surface area (Å²) in [5, 5.41) is 11.0. The van der Waals surface area contributed by atoms with E-state index in [1.54, 1.807) is 24.3 Å². The Balaban J connectivity index is 1.90. The van der Waals surface area contributed by atoms with Gasteiger partial charge in [-0.2, -0.15) is 0 Å². The lowest BCUT2D eigenvalue weighted by atomic mass is 9.95. The van der Waals surface area contributed by atoms with Crippen LogP contribution in [0.1, 0.15) is 29.7 Å². The molecule has 1 aliphatic heterocycles. The molecule has 0 bridgehead atoms. The molecule has 0 spiro atoms. The molecule has 5 heteroatoms. The van der Waals surface area contributed by atoms with Crippen LogP contribution >= 0.6 is 15.9 Å². The molecule has 4 nitrogen and oxygen atoms in total. The predicted octanol–water partition coefficient (Wildman–Crippen LogP) is 5.64. The molecule has 4 rings (SSSR count). The number of Topliss-reactive ketones (excluding diaryl/α,β-unsaturated/α-hetero) is 1. The van der Waals surface area contributed by atoms with Gasteiger partial charge in [0.25, 0.3) is 11.7 Å². The Labute approximate surface area is 183 Å². The molecule has 0 radical (unpaired) electrons. The molecule has 150 valence electrons. The van der Waals surface area contributed by atoms with Crippen molar-refractivity contribution in [3.8, 4) is 0 Å². The number of aliphatic hydroxyl groups is 1. The van der Waals surface area contributed by atoms with E-state index in [4.69, 9.17) is 0 Å². The number of hydrogen-bond acceptors (Lipinski definition) is 3. The molecule has 1 heterocycles. The predicted molar refractivity (Wildman–Crippen MR) is 121 cm³/mol. The highest BCUT2D eigenvalue weighted by atomic mass is 79.9. The van der Waals surface area contributed by atoms with Gasteiger partial charge in [0.05, 0.1) is 11.6 Å². The summed E-state index contributed by atoms with van der Waals surface area (Å²) < 4.78 is 0.857. The lowest BCUT2D eigenvalue weighted by Gasteiger charge is -2.25. The molecule has 1 unspecified atom stereocenters. The summed E-state index contributed by atoms with van der Waals surface area (Å²) in [5.74, 6) is -1.52. The number of carbonyl (C=O) groups is 2. The molecule has 1 saturated heterocycles. The Hall–Kier alpha value is -3.18. The van der Waals surface area contributed by atoms with Crippen molar-refractivity contribution in [2.45, 2.75) is 19.4 Å². The van der Waals surface area contributed by atoms with E-state index >= 15 is 0 Å². The standard InChI is InChI=1S/C25H20BrNO3/c1-2-16-8-14-20(15-9-16)27-22(17-6-4-3-5-7-17)21(24(29)25(27)30)23(28)18-10-12-19(26)13-11-18/h3-15,22,28H,2H2,1H3/b23-21+. The first-order valence-corrected chi connectivity index (χ1v) is 10.5. The number of halogens is 1. The Kier molecular flexibility index (Phi) is 5.55. The molecule has 1 fully saturated rings. The molecule has 0 saturated carbocycles. The molecular weight excluding hydrogens is 442 g/mol. The van der Waals surface area contributed by atoms with Gasteiger partial charge >= 0.3 is 0 Å². The zero-order chi connectivity index (χ0) is 21.3. The van der Waals surface area contributed by atoms with Crippen LogP contribution < -0.4 is 4.90 Å². The Morgan fingerprint density at radius 1 is 0.933 bits per heavy atom. The highest BCUT2D eigenvalue weighted by molar-refractivity contribution is 9.10. The summed E-state index contributed by atoms with van der Waals surface area (Å²) in [5.41, 5.74) is 3.10. The van der Waals surface area contributed by atoms with Crippen molar-refractivity contribution in [1.29, 1.82) is 0 Å². The minimum absolute atomic E-state index is 0.0908. The fourth-order valence-electron chi connectivity index (χ4n) is 3.71. The Morgan fingerprint density at radius 2 is 1.57 bits per heavy atom. The molecular formula is C25H20BrNO3. The monoisotopic (exact) mass is 461 g/mol. The van der Waals surface area contributed by atoms with Crippen molar-refractivity contribution < 1.29 is 14.7 Å². The number of hydrogen-bond donors (Lipinski definition) is 1. The zero-order valence-corrected chi connectivity index (χ0v) is 18.0. The Bertz CT molecular complexity index is 1120. The maximum atomic E-state index is 13.1. The van der Waals surface area contributed by atoms with Crippen molar-refractivity contribution in [1.82, 2.24) is 0 Å². The second-order valence-electron chi connectivity index (χ2n) is 7.11. The van der Waals surface area contributed by atoms with E-state index < -0.39 is 17.7 Å². The van der Waals surface area contributed by atoms with E-state index in [-0.39, 0.29) is 11.3 Å². The first-order valence-electron chi connectivity index (χ1n) is 9.72. The molecule has 1 amide bonds. The summed E-state index contributed by atoms with van der Waals surface area (Å²) in [6.45, 7) is 2.06. The van der Waals surface area contributed by atoms with Crippen LogP contribution in [-0.2, 0) is 16.0 Å². The number of nitrogens with zero attached hydrogens (tertiary/aromatic N) is 1. The summed E-state index contributed by atoms with van der Waals surface area (Å²) in [6.07, 6.45) is 0.880. The fraction of sp³-hybridized carbons (Fsp3) is 0.120. The largest absolute Gasteiger partial charge is 0.507 e. The number of anilines is 1. The molecule has 1 aliphatic rings. The van der Waals surface area contributed by atoms with Gasteiger partial charge < -0.3 is 5.11 Å². The number of benzene rings is 3. The highest BCUT2D eigenvalue weighted by Crippen LogP contribution is 2.42. The number of carbonyl (C=O) groups excluding carboxylic acids is 2. The molecule has 0 aliphatic carbocycles. The average Bonchev–Trinajstić information content (AvgIpc) is 3.05. The third-order valence-electron chi connectivity index (χ3n) is 5.30. The first-order chi connectivity index (χ1) is 14.5. The van der Waals surface area contributed by atoms with Crippen LogP contribution in [0.25, 0.3) is 5.76 Å². The van der Waals surface area contributed by atoms with Crippen LogP contribution in [0, 0.1) is 0 Å². The van der Waals surface area contributed by atoms with Crippen LogP contribution in [0.4, 0.5) is 5.69 Å². The van der Waals surface area contributed by atoms with Crippen LogP contribution in [0.3, 0.4) is 0 Å². The second-order valence-corrected chi connectivity index (χ2v) is 8.02. The number of aryl methyl sites for hydroxylation is 1. The summed E-state index contributed by atoms with van der Waals surface area (Å²) in [6, 6.07) is 23.2. The third kappa shape index (κ3) is 3.57. The van der Waals surface area contributed by atoms with Gasteiger partial charge in [-0.15, -0.1) is 0 Å². The van der Waals surface area contributed by atoms with Crippen LogP contribution in [0.2, 0.25) is 0 Å². The average molecular weight is 462 g/mol. The van der Waals surface area contributed by atoms with E-state index in [0.29, 0.717) is 11.3 Å². The van der Waals surface area contributed by atoms with E-state index in [1.165, 1.54) is 4.90 Å². The van der Waals surface area contributed by atoms with Gasteiger partial charge in [0.2, 0.25) is 0 Å². The van der Waals surface area contributed by atoms with Crippen LogP contribution in [-0.4, -0.2) is 16.8 Å². The quantitative estimate of drug-likeness (QED) is 0.310. The number of ketones is 1. The van der Waals surface area contributed by atoms with E-state index in [9.17, 15) is 14.7 Å². The number of amides is 1. The first kappa shape index (κ1) is 20.1. The summed E-state index contributed by atoms with van der Waals surface area (Å²) in [4.78, 5) is 27.6. The molecule has 3 aromatic rings. The van der Waals surface area contributed by atoms with Gasteiger partial charge in [-0.1, -0.05) is 77.5 Å². The lowest BCUT2D eigenvalue weighted by Crippen LogP contribution is -2.29. The lowest BCUT2D eigenvalue weighted by molar-refractivity contribution is -0.132. The number of rotatable bonds is 4. The van der Waals surface area contributed by atoms with Gasteiger partial charge in [0, 0.05) is 15.7 Å². The van der Waals surface area contributed by atoms with Crippen molar-refractivity contribution in [3.63, 3.8) is 0 Å². The second kappa shape index (κ2) is 8.28. The topological polar surface area (TPSA) is 57.6 Å². The van der Waals surface area contributed by atoms with Crippen LogP contribution in [0.5, 0.6) is 0 Å². The SMILES string of the molecule is CCc1ccc(N2C(=O)C(=O)/C(=C(/O)c3ccc(Br)cc3)C2c2ccccc2)cc1.